The molecule has 1 heterocycles. The summed E-state index contributed by atoms with van der Waals surface area (Å²) in [5.74, 6) is 1.55. The molecule has 1 N–H and O–H groups in total. The Balaban J connectivity index is 2.03. The van der Waals surface area contributed by atoms with Crippen LogP contribution in [0.15, 0.2) is 30.5 Å². The van der Waals surface area contributed by atoms with Crippen molar-refractivity contribution in [3.05, 3.63) is 58.7 Å². The number of rotatable bonds is 6. The summed E-state index contributed by atoms with van der Waals surface area (Å²) in [7, 11) is 0. The maximum absolute atomic E-state index is 4.65. The first-order chi connectivity index (χ1) is 10.0. The Morgan fingerprint density at radius 1 is 1.10 bits per heavy atom. The molecular formula is C18H25N3. The van der Waals surface area contributed by atoms with Gasteiger partial charge in [-0.15, -0.1) is 0 Å². The van der Waals surface area contributed by atoms with Crippen molar-refractivity contribution < 1.29 is 0 Å². The SMILES string of the molecule is Cc1cc(C)cc(Cc2nccc(CNCC(C)C)n2)c1. The average molecular weight is 283 g/mol. The van der Waals surface area contributed by atoms with Crippen molar-refractivity contribution in [2.75, 3.05) is 6.54 Å². The molecule has 21 heavy (non-hydrogen) atoms. The monoisotopic (exact) mass is 283 g/mol. The minimum Gasteiger partial charge on any atom is -0.311 e. The Kier molecular flexibility index (Phi) is 5.45. The molecule has 3 heteroatoms. The molecule has 0 fully saturated rings. The molecule has 0 saturated heterocycles. The van der Waals surface area contributed by atoms with E-state index in [9.17, 15) is 0 Å². The fourth-order valence-corrected chi connectivity index (χ4v) is 2.47. The van der Waals surface area contributed by atoms with E-state index in [0.717, 1.165) is 31.0 Å². The Hall–Kier alpha value is -1.74. The van der Waals surface area contributed by atoms with Crippen molar-refractivity contribution in [3.8, 4) is 0 Å². The van der Waals surface area contributed by atoms with Crippen LogP contribution < -0.4 is 5.32 Å². The highest BCUT2D eigenvalue weighted by Crippen LogP contribution is 2.12. The van der Waals surface area contributed by atoms with Crippen LogP contribution in [0, 0.1) is 19.8 Å². The van der Waals surface area contributed by atoms with Gasteiger partial charge in [0.1, 0.15) is 5.82 Å². The van der Waals surface area contributed by atoms with Gasteiger partial charge in [0.25, 0.3) is 0 Å². The molecular weight excluding hydrogens is 258 g/mol. The minimum atomic E-state index is 0.654. The summed E-state index contributed by atoms with van der Waals surface area (Å²) < 4.78 is 0. The van der Waals surface area contributed by atoms with Crippen LogP contribution in [0.4, 0.5) is 0 Å². The highest BCUT2D eigenvalue weighted by Gasteiger charge is 2.03. The van der Waals surface area contributed by atoms with Crippen molar-refractivity contribution in [1.29, 1.82) is 0 Å². The van der Waals surface area contributed by atoms with E-state index in [1.54, 1.807) is 0 Å². The van der Waals surface area contributed by atoms with Gasteiger partial charge < -0.3 is 5.32 Å². The molecule has 112 valence electrons. The number of hydrogen-bond acceptors (Lipinski definition) is 3. The van der Waals surface area contributed by atoms with E-state index in [1.165, 1.54) is 16.7 Å². The van der Waals surface area contributed by atoms with Crippen LogP contribution in [0.5, 0.6) is 0 Å². The topological polar surface area (TPSA) is 37.8 Å². The molecule has 0 aliphatic carbocycles. The lowest BCUT2D eigenvalue weighted by Crippen LogP contribution is -2.20. The van der Waals surface area contributed by atoms with Gasteiger partial charge in [0.15, 0.2) is 0 Å². The van der Waals surface area contributed by atoms with Crippen molar-refractivity contribution >= 4 is 0 Å². The van der Waals surface area contributed by atoms with E-state index in [0.29, 0.717) is 5.92 Å². The van der Waals surface area contributed by atoms with E-state index < -0.39 is 0 Å². The Labute approximate surface area is 127 Å². The van der Waals surface area contributed by atoms with Gasteiger partial charge in [-0.1, -0.05) is 43.2 Å². The predicted molar refractivity (Wildman–Crippen MR) is 87.3 cm³/mol. The number of nitrogens with zero attached hydrogens (tertiary/aromatic N) is 2. The smallest absolute Gasteiger partial charge is 0.132 e. The molecule has 0 unspecified atom stereocenters. The molecule has 0 atom stereocenters. The maximum atomic E-state index is 4.65. The highest BCUT2D eigenvalue weighted by molar-refractivity contribution is 5.30. The van der Waals surface area contributed by atoms with E-state index in [2.05, 4.69) is 61.2 Å². The fraction of sp³-hybridized carbons (Fsp3) is 0.444. The molecule has 0 amide bonds. The lowest BCUT2D eigenvalue weighted by atomic mass is 10.0. The highest BCUT2D eigenvalue weighted by atomic mass is 14.9. The quantitative estimate of drug-likeness (QED) is 0.882. The molecule has 2 aromatic rings. The minimum absolute atomic E-state index is 0.654. The van der Waals surface area contributed by atoms with Crippen LogP contribution in [-0.2, 0) is 13.0 Å². The number of hydrogen-bond donors (Lipinski definition) is 1. The summed E-state index contributed by atoms with van der Waals surface area (Å²) in [4.78, 5) is 9.05. The van der Waals surface area contributed by atoms with E-state index in [4.69, 9.17) is 0 Å². The second-order valence-electron chi connectivity index (χ2n) is 6.16. The van der Waals surface area contributed by atoms with Crippen LogP contribution >= 0.6 is 0 Å². The van der Waals surface area contributed by atoms with Crippen molar-refractivity contribution in [1.82, 2.24) is 15.3 Å². The van der Waals surface area contributed by atoms with Gasteiger partial charge in [-0.25, -0.2) is 9.97 Å². The molecule has 0 aliphatic heterocycles. The van der Waals surface area contributed by atoms with Gasteiger partial charge in [0.2, 0.25) is 0 Å². The Bertz CT molecular complexity index is 571. The summed E-state index contributed by atoms with van der Waals surface area (Å²) >= 11 is 0. The number of aryl methyl sites for hydroxylation is 2. The van der Waals surface area contributed by atoms with Gasteiger partial charge in [0, 0.05) is 19.2 Å². The zero-order valence-corrected chi connectivity index (χ0v) is 13.5. The second kappa shape index (κ2) is 7.32. The Morgan fingerprint density at radius 3 is 2.48 bits per heavy atom. The molecule has 1 aromatic heterocycles. The molecule has 2 rings (SSSR count). The van der Waals surface area contributed by atoms with Crippen molar-refractivity contribution in [2.24, 2.45) is 5.92 Å². The van der Waals surface area contributed by atoms with Crippen LogP contribution in [-0.4, -0.2) is 16.5 Å². The van der Waals surface area contributed by atoms with Crippen LogP contribution in [0.2, 0.25) is 0 Å². The van der Waals surface area contributed by atoms with Crippen molar-refractivity contribution in [2.45, 2.75) is 40.7 Å². The van der Waals surface area contributed by atoms with E-state index in [-0.39, 0.29) is 0 Å². The molecule has 0 bridgehead atoms. The van der Waals surface area contributed by atoms with Gasteiger partial charge in [-0.3, -0.25) is 0 Å². The van der Waals surface area contributed by atoms with Crippen LogP contribution in [0.25, 0.3) is 0 Å². The first kappa shape index (κ1) is 15.6. The maximum Gasteiger partial charge on any atom is 0.132 e. The van der Waals surface area contributed by atoms with E-state index in [1.807, 2.05) is 12.3 Å². The van der Waals surface area contributed by atoms with Gasteiger partial charge in [-0.2, -0.15) is 0 Å². The predicted octanol–water partition coefficient (Wildman–Crippen LogP) is 3.43. The van der Waals surface area contributed by atoms with E-state index >= 15 is 0 Å². The normalized spacial score (nSPS) is 11.1. The van der Waals surface area contributed by atoms with Gasteiger partial charge >= 0.3 is 0 Å². The number of benzene rings is 1. The summed E-state index contributed by atoms with van der Waals surface area (Å²) in [6.45, 7) is 10.5. The second-order valence-corrected chi connectivity index (χ2v) is 6.16. The Morgan fingerprint density at radius 2 is 1.81 bits per heavy atom. The zero-order valence-electron chi connectivity index (χ0n) is 13.5. The average Bonchev–Trinajstić information content (AvgIpc) is 2.37. The fourth-order valence-electron chi connectivity index (χ4n) is 2.47. The van der Waals surface area contributed by atoms with Crippen LogP contribution in [0.3, 0.4) is 0 Å². The lowest BCUT2D eigenvalue weighted by molar-refractivity contribution is 0.547. The third-order valence-electron chi connectivity index (χ3n) is 3.27. The molecule has 3 nitrogen and oxygen atoms in total. The summed E-state index contributed by atoms with van der Waals surface area (Å²) in [5.41, 5.74) is 4.92. The molecule has 0 aliphatic rings. The zero-order chi connectivity index (χ0) is 15.2. The summed E-state index contributed by atoms with van der Waals surface area (Å²) in [5, 5.41) is 3.42. The molecule has 0 radical (unpaired) electrons. The largest absolute Gasteiger partial charge is 0.311 e. The standard InChI is InChI=1S/C18H25N3/c1-13(2)11-19-12-17-5-6-20-18(21-17)10-16-8-14(3)7-15(4)9-16/h5-9,13,19H,10-12H2,1-4H3. The van der Waals surface area contributed by atoms with Crippen molar-refractivity contribution in [3.63, 3.8) is 0 Å². The number of nitrogens with one attached hydrogen (secondary N) is 1. The van der Waals surface area contributed by atoms with Gasteiger partial charge in [-0.05, 0) is 37.9 Å². The lowest BCUT2D eigenvalue weighted by Gasteiger charge is -2.08. The van der Waals surface area contributed by atoms with Gasteiger partial charge in [0.05, 0.1) is 5.69 Å². The third kappa shape index (κ3) is 5.27. The third-order valence-corrected chi connectivity index (χ3v) is 3.27. The first-order valence-corrected chi connectivity index (χ1v) is 7.61. The first-order valence-electron chi connectivity index (χ1n) is 7.61. The van der Waals surface area contributed by atoms with Crippen LogP contribution in [0.1, 0.15) is 42.1 Å². The molecule has 0 spiro atoms. The summed E-state index contributed by atoms with van der Waals surface area (Å²) in [6.07, 6.45) is 2.65. The summed E-state index contributed by atoms with van der Waals surface area (Å²) in [6, 6.07) is 8.59. The number of aromatic nitrogens is 2. The molecule has 1 aromatic carbocycles. The molecule has 0 saturated carbocycles.